The summed E-state index contributed by atoms with van der Waals surface area (Å²) in [6, 6.07) is 6.39. The first-order chi connectivity index (χ1) is 12.4. The lowest BCUT2D eigenvalue weighted by atomic mass is 10.2. The molecule has 8 heteroatoms. The molecule has 0 spiro atoms. The second-order valence-electron chi connectivity index (χ2n) is 6.83. The number of esters is 1. The number of carbonyl (C=O) groups is 2. The molecule has 0 radical (unpaired) electrons. The van der Waals surface area contributed by atoms with E-state index in [1.54, 1.807) is 19.1 Å². The van der Waals surface area contributed by atoms with Gasteiger partial charge in [0, 0.05) is 12.6 Å². The maximum atomic E-state index is 12.2. The second-order valence-corrected chi connectivity index (χ2v) is 8.84. The molecule has 1 aliphatic carbocycles. The lowest BCUT2D eigenvalue weighted by Crippen LogP contribution is -2.40. The van der Waals surface area contributed by atoms with Gasteiger partial charge >= 0.3 is 5.97 Å². The maximum Gasteiger partial charge on any atom is 0.338 e. The number of anilines is 1. The average Bonchev–Trinajstić information content (AvgIpc) is 3.23. The Hall–Kier alpha value is -2.09. The number of ether oxygens (including phenoxy) is 1. The molecule has 3 rings (SSSR count). The SMILES string of the molecule is C[C@H](OC(=O)c1ccc(N2CCCS2(=O)=O)cc1)C(=O)NC1CCCC1. The highest BCUT2D eigenvalue weighted by Gasteiger charge is 2.28. The summed E-state index contributed by atoms with van der Waals surface area (Å²) in [4.78, 5) is 24.3. The van der Waals surface area contributed by atoms with E-state index in [-0.39, 0.29) is 23.3 Å². The molecule has 1 heterocycles. The van der Waals surface area contributed by atoms with Gasteiger partial charge in [-0.15, -0.1) is 0 Å². The van der Waals surface area contributed by atoms with Crippen LogP contribution in [0, 0.1) is 0 Å². The Morgan fingerprint density at radius 2 is 1.81 bits per heavy atom. The Balaban J connectivity index is 1.58. The van der Waals surface area contributed by atoms with Crippen molar-refractivity contribution in [1.29, 1.82) is 0 Å². The molecular weight excluding hydrogens is 356 g/mol. The highest BCUT2D eigenvalue weighted by Crippen LogP contribution is 2.24. The van der Waals surface area contributed by atoms with E-state index in [1.165, 1.54) is 16.4 Å². The molecule has 1 amide bonds. The molecule has 1 atom stereocenters. The van der Waals surface area contributed by atoms with Gasteiger partial charge in [0.05, 0.1) is 17.0 Å². The van der Waals surface area contributed by atoms with Gasteiger partial charge in [0.1, 0.15) is 0 Å². The molecule has 0 aromatic heterocycles. The number of rotatable bonds is 5. The van der Waals surface area contributed by atoms with Gasteiger partial charge in [-0.1, -0.05) is 12.8 Å². The minimum Gasteiger partial charge on any atom is -0.449 e. The summed E-state index contributed by atoms with van der Waals surface area (Å²) in [6.07, 6.45) is 3.87. The van der Waals surface area contributed by atoms with Crippen molar-refractivity contribution in [3.05, 3.63) is 29.8 Å². The number of amides is 1. The lowest BCUT2D eigenvalue weighted by Gasteiger charge is -2.18. The van der Waals surface area contributed by atoms with E-state index in [1.807, 2.05) is 0 Å². The smallest absolute Gasteiger partial charge is 0.338 e. The Bertz CT molecular complexity index is 769. The number of carbonyl (C=O) groups excluding carboxylic acids is 2. The zero-order chi connectivity index (χ0) is 18.7. The first kappa shape index (κ1) is 18.7. The third-order valence-corrected chi connectivity index (χ3v) is 6.71. The molecule has 2 fully saturated rings. The van der Waals surface area contributed by atoms with Crippen LogP contribution in [0.25, 0.3) is 0 Å². The topological polar surface area (TPSA) is 92.8 Å². The van der Waals surface area contributed by atoms with Crippen molar-refractivity contribution >= 4 is 27.6 Å². The number of sulfonamides is 1. The fraction of sp³-hybridized carbons (Fsp3) is 0.556. The zero-order valence-electron chi connectivity index (χ0n) is 14.8. The predicted octanol–water partition coefficient (Wildman–Crippen LogP) is 1.83. The molecule has 142 valence electrons. The second kappa shape index (κ2) is 7.65. The summed E-state index contributed by atoms with van der Waals surface area (Å²) in [6.45, 7) is 2.00. The van der Waals surface area contributed by atoms with Gasteiger partial charge in [0.2, 0.25) is 10.0 Å². The highest BCUT2D eigenvalue weighted by atomic mass is 32.2. The van der Waals surface area contributed by atoms with Crippen LogP contribution in [-0.2, 0) is 19.6 Å². The summed E-state index contributed by atoms with van der Waals surface area (Å²) in [5, 5.41) is 2.90. The van der Waals surface area contributed by atoms with E-state index >= 15 is 0 Å². The normalized spacial score (nSPS) is 20.7. The van der Waals surface area contributed by atoms with Crippen LogP contribution < -0.4 is 9.62 Å². The van der Waals surface area contributed by atoms with Gasteiger partial charge < -0.3 is 10.1 Å². The lowest BCUT2D eigenvalue weighted by molar-refractivity contribution is -0.129. The third kappa shape index (κ3) is 4.17. The largest absolute Gasteiger partial charge is 0.449 e. The Morgan fingerprint density at radius 3 is 2.38 bits per heavy atom. The monoisotopic (exact) mass is 380 g/mol. The molecule has 1 saturated carbocycles. The van der Waals surface area contributed by atoms with Gasteiger partial charge in [-0.25, -0.2) is 13.2 Å². The standard InChI is InChI=1S/C18H24N2O5S/c1-13(17(21)19-15-5-2-3-6-15)25-18(22)14-7-9-16(10-8-14)20-11-4-12-26(20,23)24/h7-10,13,15H,2-6,11-12H2,1H3,(H,19,21)/t13-/m0/s1. The van der Waals surface area contributed by atoms with Crippen LogP contribution in [0.2, 0.25) is 0 Å². The van der Waals surface area contributed by atoms with Crippen LogP contribution in [0.3, 0.4) is 0 Å². The molecule has 1 aromatic carbocycles. The van der Waals surface area contributed by atoms with Crippen LogP contribution >= 0.6 is 0 Å². The Kier molecular flexibility index (Phi) is 5.50. The highest BCUT2D eigenvalue weighted by molar-refractivity contribution is 7.93. The van der Waals surface area contributed by atoms with E-state index in [2.05, 4.69) is 5.32 Å². The Morgan fingerprint density at radius 1 is 1.15 bits per heavy atom. The number of hydrogen-bond donors (Lipinski definition) is 1. The van der Waals surface area contributed by atoms with Crippen LogP contribution in [0.1, 0.15) is 49.4 Å². The van der Waals surface area contributed by atoms with E-state index in [4.69, 9.17) is 4.74 Å². The quantitative estimate of drug-likeness (QED) is 0.787. The van der Waals surface area contributed by atoms with Crippen molar-refractivity contribution in [2.75, 3.05) is 16.6 Å². The molecule has 1 saturated heterocycles. The summed E-state index contributed by atoms with van der Waals surface area (Å²) < 4.78 is 30.4. The van der Waals surface area contributed by atoms with E-state index in [0.29, 0.717) is 18.7 Å². The molecule has 2 aliphatic rings. The third-order valence-electron chi connectivity index (χ3n) is 4.84. The van der Waals surface area contributed by atoms with Gasteiger partial charge in [-0.2, -0.15) is 0 Å². The van der Waals surface area contributed by atoms with Gasteiger partial charge in [0.25, 0.3) is 5.91 Å². The molecule has 1 aromatic rings. The summed E-state index contributed by atoms with van der Waals surface area (Å²) >= 11 is 0. The number of hydrogen-bond acceptors (Lipinski definition) is 5. The first-order valence-corrected chi connectivity index (χ1v) is 10.6. The fourth-order valence-electron chi connectivity index (χ4n) is 3.36. The van der Waals surface area contributed by atoms with Crippen LogP contribution in [0.4, 0.5) is 5.69 Å². The van der Waals surface area contributed by atoms with Gasteiger partial charge in [0.15, 0.2) is 6.10 Å². The molecule has 1 aliphatic heterocycles. The van der Waals surface area contributed by atoms with Crippen molar-refractivity contribution in [2.45, 2.75) is 51.2 Å². The minimum absolute atomic E-state index is 0.143. The Labute approximate surface area is 153 Å². The maximum absolute atomic E-state index is 12.2. The van der Waals surface area contributed by atoms with E-state index in [9.17, 15) is 18.0 Å². The van der Waals surface area contributed by atoms with Gasteiger partial charge in [-0.05, 0) is 50.5 Å². The van der Waals surface area contributed by atoms with Crippen molar-refractivity contribution in [3.8, 4) is 0 Å². The van der Waals surface area contributed by atoms with Crippen molar-refractivity contribution < 1.29 is 22.7 Å². The number of benzene rings is 1. The van der Waals surface area contributed by atoms with Crippen molar-refractivity contribution in [3.63, 3.8) is 0 Å². The van der Waals surface area contributed by atoms with Crippen LogP contribution in [0.5, 0.6) is 0 Å². The molecule has 26 heavy (non-hydrogen) atoms. The number of nitrogens with zero attached hydrogens (tertiary/aromatic N) is 1. The van der Waals surface area contributed by atoms with E-state index < -0.39 is 22.1 Å². The average molecular weight is 380 g/mol. The van der Waals surface area contributed by atoms with Gasteiger partial charge in [-0.3, -0.25) is 9.10 Å². The molecule has 7 nitrogen and oxygen atoms in total. The van der Waals surface area contributed by atoms with Crippen LogP contribution in [0.15, 0.2) is 24.3 Å². The summed E-state index contributed by atoms with van der Waals surface area (Å²) in [5.74, 6) is -0.746. The van der Waals surface area contributed by atoms with E-state index in [0.717, 1.165) is 25.7 Å². The van der Waals surface area contributed by atoms with Crippen molar-refractivity contribution in [2.24, 2.45) is 0 Å². The predicted molar refractivity (Wildman–Crippen MR) is 97.5 cm³/mol. The molecule has 0 unspecified atom stereocenters. The molecule has 1 N–H and O–H groups in total. The first-order valence-electron chi connectivity index (χ1n) is 8.99. The van der Waals surface area contributed by atoms with Crippen LogP contribution in [-0.4, -0.2) is 44.7 Å². The van der Waals surface area contributed by atoms with Crippen molar-refractivity contribution in [1.82, 2.24) is 5.32 Å². The number of nitrogens with one attached hydrogen (secondary N) is 1. The molecule has 0 bridgehead atoms. The zero-order valence-corrected chi connectivity index (χ0v) is 15.6. The summed E-state index contributed by atoms with van der Waals surface area (Å²) in [7, 11) is -3.25. The molecular formula is C18H24N2O5S. The minimum atomic E-state index is -3.25. The summed E-state index contributed by atoms with van der Waals surface area (Å²) in [5.41, 5.74) is 0.817. The fourth-order valence-corrected chi connectivity index (χ4v) is 4.93.